The number of carboxylic acid groups (broad SMARTS) is 1. The maximum Gasteiger partial charge on any atom is 1.00 e. The van der Waals surface area contributed by atoms with Crippen LogP contribution in [-0.2, 0) is 20.0 Å². The number of carbonyl (C=O) groups excluding carboxylic acids is 5. The van der Waals surface area contributed by atoms with Crippen molar-refractivity contribution in [2.45, 2.75) is 63.1 Å². The molecule has 0 aromatic heterocycles. The normalized spacial score (nSPS) is 25.4. The van der Waals surface area contributed by atoms with Crippen molar-refractivity contribution in [2.75, 3.05) is 15.1 Å². The van der Waals surface area contributed by atoms with Crippen molar-refractivity contribution in [3.8, 4) is 0 Å². The number of nitrogens with zero attached hydrogens (tertiary/aromatic N) is 3. The zero-order valence-corrected chi connectivity index (χ0v) is 28.2. The van der Waals surface area contributed by atoms with E-state index in [9.17, 15) is 34.2 Å². The molecule has 13 heteroatoms. The number of aliphatic carboxylic acids is 1. The second-order valence-corrected chi connectivity index (χ2v) is 12.5. The fourth-order valence-corrected chi connectivity index (χ4v) is 7.44. The molecule has 0 aliphatic carbocycles. The van der Waals surface area contributed by atoms with Crippen LogP contribution in [0, 0.1) is 5.92 Å². The van der Waals surface area contributed by atoms with Crippen molar-refractivity contribution in [1.82, 2.24) is 10.2 Å². The Morgan fingerprint density at radius 3 is 2.21 bits per heavy atom. The minimum Gasteiger partial charge on any atom is -0.550 e. The molecular weight excluding hydrogens is 613 g/mol. The van der Waals surface area contributed by atoms with Crippen molar-refractivity contribution >= 4 is 46.7 Å². The molecule has 0 saturated carbocycles. The molecule has 0 bridgehead atoms. The maximum absolute atomic E-state index is 14.2. The molecule has 47 heavy (non-hydrogen) atoms. The van der Waals surface area contributed by atoms with E-state index < -0.39 is 72.5 Å². The smallest absolute Gasteiger partial charge is 0.550 e. The molecule has 1 fully saturated rings. The monoisotopic (exact) mass is 645 g/mol. The summed E-state index contributed by atoms with van der Waals surface area (Å²) in [7, 11) is 0. The molecule has 1 saturated heterocycles. The number of para-hydroxylation sites is 3. The summed E-state index contributed by atoms with van der Waals surface area (Å²) in [5, 5.41) is 31.0. The number of nitrogens with one attached hydrogen (secondary N) is 2. The SMILES string of the molecule is CC(C)CC1C(=O)N2c3ccccc3[C@](O)(C3NC(=O)c4ccccc4N4C(=O)c5ccccc5NC34)C2N1C(=O)CCC(=O)[O-].[Na+]. The Balaban J connectivity index is 0.00000386. The minimum atomic E-state index is -2.17. The van der Waals surface area contributed by atoms with Gasteiger partial charge in [0.05, 0.1) is 22.5 Å². The molecule has 4 heterocycles. The van der Waals surface area contributed by atoms with Gasteiger partial charge in [-0.3, -0.25) is 29.0 Å². The van der Waals surface area contributed by atoms with Crippen LogP contribution in [0.2, 0.25) is 0 Å². The quantitative estimate of drug-likeness (QED) is 0.275. The number of carboxylic acids is 1. The van der Waals surface area contributed by atoms with E-state index in [1.807, 2.05) is 13.8 Å². The summed E-state index contributed by atoms with van der Waals surface area (Å²) >= 11 is 0. The van der Waals surface area contributed by atoms with Gasteiger partial charge in [-0.05, 0) is 49.1 Å². The Labute approximate surface area is 293 Å². The van der Waals surface area contributed by atoms with E-state index in [1.54, 1.807) is 72.8 Å². The number of benzene rings is 3. The molecule has 12 nitrogen and oxygen atoms in total. The molecule has 3 aromatic carbocycles. The molecule has 3 N–H and O–H groups in total. The first-order chi connectivity index (χ1) is 22.0. The minimum absolute atomic E-state index is 0. The Kier molecular flexibility index (Phi) is 8.41. The molecule has 7 rings (SSSR count). The van der Waals surface area contributed by atoms with E-state index in [4.69, 9.17) is 0 Å². The predicted octanol–water partition coefficient (Wildman–Crippen LogP) is -1.45. The molecule has 0 radical (unpaired) electrons. The van der Waals surface area contributed by atoms with Gasteiger partial charge in [-0.25, -0.2) is 0 Å². The largest absolute Gasteiger partial charge is 1.00 e. The van der Waals surface area contributed by atoms with Crippen LogP contribution in [0.15, 0.2) is 72.8 Å². The number of rotatable bonds is 6. The Bertz CT molecular complexity index is 1820. The van der Waals surface area contributed by atoms with Gasteiger partial charge in [-0.15, -0.1) is 0 Å². The van der Waals surface area contributed by atoms with Gasteiger partial charge < -0.3 is 30.5 Å². The topological polar surface area (TPSA) is 162 Å². The number of anilines is 3. The Morgan fingerprint density at radius 1 is 0.872 bits per heavy atom. The fraction of sp³-hybridized carbons (Fsp3) is 0.324. The summed E-state index contributed by atoms with van der Waals surface area (Å²) in [4.78, 5) is 71.9. The van der Waals surface area contributed by atoms with E-state index in [1.165, 1.54) is 14.7 Å². The summed E-state index contributed by atoms with van der Waals surface area (Å²) in [6, 6.07) is 17.9. The van der Waals surface area contributed by atoms with Crippen LogP contribution in [0.5, 0.6) is 0 Å². The second kappa shape index (κ2) is 12.1. The van der Waals surface area contributed by atoms with Gasteiger partial charge in [0, 0.05) is 23.6 Å². The number of amides is 4. The first-order valence-electron chi connectivity index (χ1n) is 15.3. The molecule has 4 unspecified atom stereocenters. The number of carbonyl (C=O) groups is 5. The summed E-state index contributed by atoms with van der Waals surface area (Å²) in [5.74, 6) is -3.50. The number of hydrogen-bond acceptors (Lipinski definition) is 8. The van der Waals surface area contributed by atoms with Gasteiger partial charge in [0.1, 0.15) is 24.4 Å². The van der Waals surface area contributed by atoms with E-state index in [-0.39, 0.29) is 53.0 Å². The molecule has 236 valence electrons. The summed E-state index contributed by atoms with van der Waals surface area (Å²) in [6.07, 6.45) is -3.22. The van der Waals surface area contributed by atoms with Gasteiger partial charge in [-0.1, -0.05) is 56.3 Å². The van der Waals surface area contributed by atoms with Crippen LogP contribution in [0.3, 0.4) is 0 Å². The van der Waals surface area contributed by atoms with Crippen molar-refractivity contribution in [3.05, 3.63) is 89.5 Å². The van der Waals surface area contributed by atoms with Gasteiger partial charge >= 0.3 is 29.6 Å². The first-order valence-corrected chi connectivity index (χ1v) is 15.3. The van der Waals surface area contributed by atoms with Gasteiger partial charge in [-0.2, -0.15) is 0 Å². The third-order valence-corrected chi connectivity index (χ3v) is 9.32. The van der Waals surface area contributed by atoms with Crippen LogP contribution in [0.25, 0.3) is 0 Å². The average Bonchev–Trinajstić information content (AvgIpc) is 3.42. The van der Waals surface area contributed by atoms with Crippen LogP contribution in [-0.4, -0.2) is 64.0 Å². The van der Waals surface area contributed by atoms with Crippen molar-refractivity contribution in [1.29, 1.82) is 0 Å². The van der Waals surface area contributed by atoms with Gasteiger partial charge in [0.25, 0.3) is 17.7 Å². The summed E-state index contributed by atoms with van der Waals surface area (Å²) < 4.78 is 0. The summed E-state index contributed by atoms with van der Waals surface area (Å²) in [5.41, 5.74) is -0.149. The fourth-order valence-electron chi connectivity index (χ4n) is 7.44. The van der Waals surface area contributed by atoms with Gasteiger partial charge in [0.2, 0.25) is 5.91 Å². The number of fused-ring (bicyclic) bond motifs is 7. The number of aliphatic hydroxyl groups is 1. The third-order valence-electron chi connectivity index (χ3n) is 9.32. The average molecular weight is 646 g/mol. The summed E-state index contributed by atoms with van der Waals surface area (Å²) in [6.45, 7) is 3.80. The zero-order chi connectivity index (χ0) is 32.5. The van der Waals surface area contributed by atoms with E-state index in [0.717, 1.165) is 0 Å². The van der Waals surface area contributed by atoms with Crippen molar-refractivity contribution in [3.63, 3.8) is 0 Å². The predicted molar refractivity (Wildman–Crippen MR) is 164 cm³/mol. The molecular formula is C34H32N5NaO7. The molecule has 4 amide bonds. The van der Waals surface area contributed by atoms with Crippen LogP contribution >= 0.6 is 0 Å². The number of hydrogen-bond donors (Lipinski definition) is 3. The van der Waals surface area contributed by atoms with E-state index in [2.05, 4.69) is 10.6 Å². The van der Waals surface area contributed by atoms with Crippen LogP contribution < -0.4 is 55.1 Å². The zero-order valence-electron chi connectivity index (χ0n) is 26.2. The molecule has 5 atom stereocenters. The molecule has 4 aliphatic rings. The maximum atomic E-state index is 14.2. The Hall–Kier alpha value is -4.23. The third kappa shape index (κ3) is 4.93. The van der Waals surface area contributed by atoms with E-state index in [0.29, 0.717) is 22.6 Å². The molecule has 3 aromatic rings. The first kappa shape index (κ1) is 32.7. The molecule has 4 aliphatic heterocycles. The van der Waals surface area contributed by atoms with Crippen molar-refractivity contribution < 1.29 is 63.7 Å². The van der Waals surface area contributed by atoms with Gasteiger partial charge in [0.15, 0.2) is 5.60 Å². The van der Waals surface area contributed by atoms with Crippen molar-refractivity contribution in [2.24, 2.45) is 5.92 Å². The van der Waals surface area contributed by atoms with Crippen LogP contribution in [0.4, 0.5) is 17.1 Å². The van der Waals surface area contributed by atoms with E-state index >= 15 is 0 Å². The standard InChI is InChI=1S/C34H33N5O7.Na/c1-18(2)17-25-32(45)39-24-14-8-5-11-21(24)34(46,33(39)37(25)26(40)15-16-27(41)42)28-29-35-22-12-6-3-9-19(22)31(44)38(29)23-13-7-4-10-20(23)30(43)36-28;/h3-14,18,25,28-29,33,35,46H,15-17H2,1-2H3,(H,36,43)(H,41,42);/q;+1/p-1/t25?,28?,29?,33?,34-;/m0./s1. The van der Waals surface area contributed by atoms with Crippen LogP contribution in [0.1, 0.15) is 59.4 Å². The second-order valence-electron chi connectivity index (χ2n) is 12.5. The molecule has 0 spiro atoms. The Morgan fingerprint density at radius 2 is 1.51 bits per heavy atom.